The Bertz CT molecular complexity index is 593. The second kappa shape index (κ2) is 7.09. The molecule has 118 valence electrons. The summed E-state index contributed by atoms with van der Waals surface area (Å²) in [5.74, 6) is 0. The molecule has 1 aliphatic rings. The number of rotatable bonds is 4. The second-order valence-corrected chi connectivity index (χ2v) is 7.77. The van der Waals surface area contributed by atoms with E-state index in [-0.39, 0.29) is 17.5 Å². The Morgan fingerprint density at radius 2 is 1.86 bits per heavy atom. The highest BCUT2D eigenvalue weighted by atomic mass is 35.5. The first-order valence-corrected chi connectivity index (χ1v) is 9.22. The van der Waals surface area contributed by atoms with Crippen molar-refractivity contribution < 1.29 is 13.5 Å². The lowest BCUT2D eigenvalue weighted by molar-refractivity contribution is 0.280. The van der Waals surface area contributed by atoms with Gasteiger partial charge in [0, 0.05) is 11.1 Å². The van der Waals surface area contributed by atoms with E-state index in [4.69, 9.17) is 11.6 Å². The SMILES string of the molecule is Cc1c(CO)cc(Cl)cc1S(=O)(=O)NC1CCCCCC1. The third-order valence-electron chi connectivity index (χ3n) is 4.07. The maximum Gasteiger partial charge on any atom is 0.241 e. The summed E-state index contributed by atoms with van der Waals surface area (Å²) in [6, 6.07) is 3.05. The van der Waals surface area contributed by atoms with Crippen LogP contribution in [0.3, 0.4) is 0 Å². The van der Waals surface area contributed by atoms with Crippen LogP contribution in [0.25, 0.3) is 0 Å². The van der Waals surface area contributed by atoms with Crippen LogP contribution in [-0.4, -0.2) is 19.6 Å². The zero-order chi connectivity index (χ0) is 15.5. The van der Waals surface area contributed by atoms with Gasteiger partial charge in [0.2, 0.25) is 10.0 Å². The quantitative estimate of drug-likeness (QED) is 0.833. The molecule has 6 heteroatoms. The average molecular weight is 332 g/mol. The summed E-state index contributed by atoms with van der Waals surface area (Å²) in [4.78, 5) is 0.170. The Hall–Kier alpha value is -0.620. The van der Waals surface area contributed by atoms with E-state index in [1.165, 1.54) is 18.9 Å². The molecule has 4 nitrogen and oxygen atoms in total. The van der Waals surface area contributed by atoms with Crippen LogP contribution in [0.1, 0.15) is 49.7 Å². The molecule has 2 rings (SSSR count). The molecule has 0 radical (unpaired) electrons. The number of sulfonamides is 1. The number of nitrogens with one attached hydrogen (secondary N) is 1. The highest BCUT2D eigenvalue weighted by Gasteiger charge is 2.24. The van der Waals surface area contributed by atoms with E-state index in [0.29, 0.717) is 16.1 Å². The van der Waals surface area contributed by atoms with E-state index in [2.05, 4.69) is 4.72 Å². The molecule has 21 heavy (non-hydrogen) atoms. The highest BCUT2D eigenvalue weighted by Crippen LogP contribution is 2.26. The summed E-state index contributed by atoms with van der Waals surface area (Å²) in [6.45, 7) is 1.47. The Morgan fingerprint density at radius 3 is 2.43 bits per heavy atom. The Kier molecular flexibility index (Phi) is 5.66. The molecule has 1 fully saturated rings. The van der Waals surface area contributed by atoms with Gasteiger partial charge in [-0.05, 0) is 43.0 Å². The first-order chi connectivity index (χ1) is 9.94. The van der Waals surface area contributed by atoms with E-state index < -0.39 is 10.0 Å². The van der Waals surface area contributed by atoms with Crippen molar-refractivity contribution in [2.45, 2.75) is 63.0 Å². The van der Waals surface area contributed by atoms with Crippen molar-refractivity contribution in [1.82, 2.24) is 4.72 Å². The fraction of sp³-hybridized carbons (Fsp3) is 0.600. The largest absolute Gasteiger partial charge is 0.392 e. The van der Waals surface area contributed by atoms with Crippen LogP contribution >= 0.6 is 11.6 Å². The van der Waals surface area contributed by atoms with Crippen molar-refractivity contribution in [3.63, 3.8) is 0 Å². The highest BCUT2D eigenvalue weighted by molar-refractivity contribution is 7.89. The number of halogens is 1. The molecule has 1 saturated carbocycles. The minimum absolute atomic E-state index is 0.00606. The van der Waals surface area contributed by atoms with Gasteiger partial charge in [0.25, 0.3) is 0 Å². The Morgan fingerprint density at radius 1 is 1.24 bits per heavy atom. The molecule has 1 aliphatic carbocycles. The maximum absolute atomic E-state index is 12.6. The number of hydrogen-bond donors (Lipinski definition) is 2. The second-order valence-electron chi connectivity index (χ2n) is 5.66. The lowest BCUT2D eigenvalue weighted by Crippen LogP contribution is -2.34. The van der Waals surface area contributed by atoms with Gasteiger partial charge >= 0.3 is 0 Å². The number of aliphatic hydroxyl groups excluding tert-OH is 1. The summed E-state index contributed by atoms with van der Waals surface area (Å²) < 4.78 is 28.0. The fourth-order valence-corrected chi connectivity index (χ4v) is 4.75. The molecule has 1 aromatic carbocycles. The summed E-state index contributed by atoms with van der Waals surface area (Å²) in [5.41, 5.74) is 1.10. The molecule has 0 saturated heterocycles. The van der Waals surface area contributed by atoms with Crippen LogP contribution in [0, 0.1) is 6.92 Å². The fourth-order valence-electron chi connectivity index (χ4n) is 2.83. The number of aliphatic hydroxyl groups is 1. The van der Waals surface area contributed by atoms with Crippen molar-refractivity contribution in [3.05, 3.63) is 28.3 Å². The smallest absolute Gasteiger partial charge is 0.241 e. The van der Waals surface area contributed by atoms with Crippen LogP contribution in [0.5, 0.6) is 0 Å². The monoisotopic (exact) mass is 331 g/mol. The lowest BCUT2D eigenvalue weighted by Gasteiger charge is -2.18. The zero-order valence-corrected chi connectivity index (χ0v) is 13.8. The lowest BCUT2D eigenvalue weighted by atomic mass is 10.1. The minimum Gasteiger partial charge on any atom is -0.392 e. The third-order valence-corrected chi connectivity index (χ3v) is 5.93. The van der Waals surface area contributed by atoms with Crippen molar-refractivity contribution in [2.24, 2.45) is 0 Å². The van der Waals surface area contributed by atoms with Crippen LogP contribution in [0.4, 0.5) is 0 Å². The summed E-state index contributed by atoms with van der Waals surface area (Å²) >= 11 is 5.97. The van der Waals surface area contributed by atoms with E-state index in [1.54, 1.807) is 13.0 Å². The maximum atomic E-state index is 12.6. The Balaban J connectivity index is 2.28. The van der Waals surface area contributed by atoms with E-state index >= 15 is 0 Å². The van der Waals surface area contributed by atoms with Gasteiger partial charge < -0.3 is 5.11 Å². The van der Waals surface area contributed by atoms with Crippen LogP contribution < -0.4 is 4.72 Å². The molecule has 0 heterocycles. The van der Waals surface area contributed by atoms with Gasteiger partial charge in [-0.3, -0.25) is 0 Å². The van der Waals surface area contributed by atoms with E-state index in [0.717, 1.165) is 25.7 Å². The van der Waals surface area contributed by atoms with Crippen molar-refractivity contribution >= 4 is 21.6 Å². The third kappa shape index (κ3) is 4.19. The summed E-state index contributed by atoms with van der Waals surface area (Å²) in [5, 5.41) is 9.64. The van der Waals surface area contributed by atoms with Crippen molar-refractivity contribution in [1.29, 1.82) is 0 Å². The molecule has 0 spiro atoms. The molecule has 0 unspecified atom stereocenters. The molecule has 0 aliphatic heterocycles. The van der Waals surface area contributed by atoms with Gasteiger partial charge in [0.1, 0.15) is 0 Å². The molecular formula is C15H22ClNO3S. The average Bonchev–Trinajstić information content (AvgIpc) is 2.68. The standard InChI is InChI=1S/C15H22ClNO3S/c1-11-12(10-18)8-13(16)9-15(11)21(19,20)17-14-6-4-2-3-5-7-14/h8-9,14,17-18H,2-7,10H2,1H3. The Labute approximate surface area is 131 Å². The predicted molar refractivity (Wildman–Crippen MR) is 83.9 cm³/mol. The van der Waals surface area contributed by atoms with Gasteiger partial charge in [-0.2, -0.15) is 0 Å². The van der Waals surface area contributed by atoms with Crippen LogP contribution in [0.2, 0.25) is 5.02 Å². The molecule has 0 amide bonds. The summed E-state index contributed by atoms with van der Waals surface area (Å²) in [7, 11) is -3.61. The summed E-state index contributed by atoms with van der Waals surface area (Å²) in [6.07, 6.45) is 6.22. The molecule has 2 N–H and O–H groups in total. The molecule has 0 bridgehead atoms. The normalized spacial score (nSPS) is 17.7. The number of hydrogen-bond acceptors (Lipinski definition) is 3. The topological polar surface area (TPSA) is 66.4 Å². The zero-order valence-electron chi connectivity index (χ0n) is 12.2. The van der Waals surface area contributed by atoms with Gasteiger partial charge in [-0.1, -0.05) is 37.3 Å². The van der Waals surface area contributed by atoms with E-state index in [9.17, 15) is 13.5 Å². The molecule has 0 aromatic heterocycles. The van der Waals surface area contributed by atoms with E-state index in [1.807, 2.05) is 0 Å². The van der Waals surface area contributed by atoms with Gasteiger partial charge in [0.05, 0.1) is 11.5 Å². The van der Waals surface area contributed by atoms with Gasteiger partial charge in [-0.25, -0.2) is 13.1 Å². The molecular weight excluding hydrogens is 310 g/mol. The molecule has 0 atom stereocenters. The predicted octanol–water partition coefficient (Wildman–Crippen LogP) is 3.14. The molecule has 1 aromatic rings. The van der Waals surface area contributed by atoms with Crippen molar-refractivity contribution in [3.8, 4) is 0 Å². The first kappa shape index (κ1) is 16.7. The first-order valence-electron chi connectivity index (χ1n) is 7.36. The number of benzene rings is 1. The van der Waals surface area contributed by atoms with Gasteiger partial charge in [0.15, 0.2) is 0 Å². The van der Waals surface area contributed by atoms with Crippen LogP contribution in [0.15, 0.2) is 17.0 Å². The van der Waals surface area contributed by atoms with Crippen LogP contribution in [-0.2, 0) is 16.6 Å². The van der Waals surface area contributed by atoms with Crippen molar-refractivity contribution in [2.75, 3.05) is 0 Å². The van der Waals surface area contributed by atoms with Gasteiger partial charge in [-0.15, -0.1) is 0 Å². The minimum atomic E-state index is -3.61.